The largest absolute Gasteiger partial charge is 0.143 e. The van der Waals surface area contributed by atoms with Gasteiger partial charge in [-0.2, -0.15) is 0 Å². The van der Waals surface area contributed by atoms with Crippen LogP contribution in [-0.4, -0.2) is 15.6 Å². The Hall–Kier alpha value is -0.0800. The zero-order valence-corrected chi connectivity index (χ0v) is 11.2. The summed E-state index contributed by atoms with van der Waals surface area (Å²) in [6.07, 6.45) is 5.62. The van der Waals surface area contributed by atoms with Gasteiger partial charge in [0.05, 0.1) is 4.08 Å². The van der Waals surface area contributed by atoms with Gasteiger partial charge in [-0.05, 0) is 37.2 Å². The molecular weight excluding hydrogens is 232 g/mol. The predicted octanol–water partition coefficient (Wildman–Crippen LogP) is 4.52. The minimum Gasteiger partial charge on any atom is -0.143 e. The van der Waals surface area contributed by atoms with E-state index in [1.807, 2.05) is 0 Å². The Labute approximate surface area is 107 Å². The lowest BCUT2D eigenvalue weighted by atomic mass is 9.83. The number of hydrogen-bond donors (Lipinski definition) is 0. The van der Waals surface area contributed by atoms with Crippen molar-refractivity contribution < 1.29 is 0 Å². The van der Waals surface area contributed by atoms with Gasteiger partial charge in [0.1, 0.15) is 0 Å². The molecule has 86 valence electrons. The summed E-state index contributed by atoms with van der Waals surface area (Å²) < 4.78 is 0.616. The average Bonchev–Trinajstić information content (AvgIpc) is 2.80. The van der Waals surface area contributed by atoms with E-state index >= 15 is 0 Å². The zero-order valence-electron chi connectivity index (χ0n) is 9.52. The molecule has 2 fully saturated rings. The van der Waals surface area contributed by atoms with Crippen LogP contribution < -0.4 is 0 Å². The maximum absolute atomic E-state index is 2.30. The topological polar surface area (TPSA) is 0 Å². The predicted molar refractivity (Wildman–Crippen MR) is 75.3 cm³/mol. The van der Waals surface area contributed by atoms with Crippen LogP contribution in [0.15, 0.2) is 30.3 Å². The number of hydrogen-bond acceptors (Lipinski definition) is 2. The summed E-state index contributed by atoms with van der Waals surface area (Å²) in [5, 5.41) is 0. The van der Waals surface area contributed by atoms with E-state index in [4.69, 9.17) is 0 Å². The summed E-state index contributed by atoms with van der Waals surface area (Å²) in [6, 6.07) is 11.1. The first kappa shape index (κ1) is 11.0. The van der Waals surface area contributed by atoms with E-state index in [0.29, 0.717) is 4.08 Å². The molecule has 1 aliphatic heterocycles. The monoisotopic (exact) mass is 250 g/mol. The highest BCUT2D eigenvalue weighted by Crippen LogP contribution is 2.55. The van der Waals surface area contributed by atoms with Gasteiger partial charge >= 0.3 is 0 Å². The fourth-order valence-corrected chi connectivity index (χ4v) is 6.19. The van der Waals surface area contributed by atoms with Crippen molar-refractivity contribution in [2.24, 2.45) is 0 Å². The molecule has 0 unspecified atom stereocenters. The molecule has 1 spiro atoms. The summed E-state index contributed by atoms with van der Waals surface area (Å²) >= 11 is 4.45. The Morgan fingerprint density at radius 3 is 2.19 bits per heavy atom. The van der Waals surface area contributed by atoms with Crippen molar-refractivity contribution in [3.63, 3.8) is 0 Å². The van der Waals surface area contributed by atoms with Crippen LogP contribution in [0.5, 0.6) is 0 Å². The molecule has 0 nitrogen and oxygen atoms in total. The van der Waals surface area contributed by atoms with E-state index in [1.165, 1.54) is 37.2 Å². The molecule has 3 rings (SSSR count). The van der Waals surface area contributed by atoms with Crippen molar-refractivity contribution in [1.82, 2.24) is 0 Å². The Balaban J connectivity index is 1.66. The Kier molecular flexibility index (Phi) is 3.21. The Bertz CT molecular complexity index is 331. The summed E-state index contributed by atoms with van der Waals surface area (Å²) in [5.41, 5.74) is 1.56. The van der Waals surface area contributed by atoms with Crippen LogP contribution in [0, 0.1) is 0 Å². The van der Waals surface area contributed by atoms with Crippen molar-refractivity contribution in [2.45, 2.75) is 35.7 Å². The van der Waals surface area contributed by atoms with Crippen molar-refractivity contribution in [1.29, 1.82) is 0 Å². The molecule has 0 aromatic heterocycles. The van der Waals surface area contributed by atoms with Gasteiger partial charge in [0.15, 0.2) is 0 Å². The Morgan fingerprint density at radius 2 is 1.56 bits per heavy atom. The molecule has 16 heavy (non-hydrogen) atoms. The molecule has 1 saturated carbocycles. The van der Waals surface area contributed by atoms with Gasteiger partial charge in [0, 0.05) is 11.5 Å². The molecule has 0 radical (unpaired) electrons. The third kappa shape index (κ3) is 2.14. The fourth-order valence-electron chi connectivity index (χ4n) is 2.90. The molecule has 0 bridgehead atoms. The second kappa shape index (κ2) is 4.66. The lowest BCUT2D eigenvalue weighted by Crippen LogP contribution is -2.24. The van der Waals surface area contributed by atoms with Crippen LogP contribution in [0.3, 0.4) is 0 Å². The first-order valence-electron chi connectivity index (χ1n) is 6.21. The number of thioether (sulfide) groups is 2. The van der Waals surface area contributed by atoms with Gasteiger partial charge in [-0.15, -0.1) is 23.5 Å². The third-order valence-corrected chi connectivity index (χ3v) is 7.48. The maximum Gasteiger partial charge on any atom is 0.0612 e. The quantitative estimate of drug-likeness (QED) is 0.718. The minimum absolute atomic E-state index is 0.616. The zero-order chi connectivity index (χ0) is 10.8. The molecule has 1 aromatic carbocycles. The first-order valence-corrected chi connectivity index (χ1v) is 8.18. The van der Waals surface area contributed by atoms with Crippen molar-refractivity contribution in [2.75, 3.05) is 11.5 Å². The molecule has 1 heterocycles. The van der Waals surface area contributed by atoms with Gasteiger partial charge in [0.2, 0.25) is 0 Å². The van der Waals surface area contributed by atoms with E-state index in [2.05, 4.69) is 53.9 Å². The second-order valence-electron chi connectivity index (χ2n) is 4.79. The SMILES string of the molecule is c1ccc(C2CCC3(CC2)SCCS3)cc1. The van der Waals surface area contributed by atoms with Crippen molar-refractivity contribution in [3.8, 4) is 0 Å². The van der Waals surface area contributed by atoms with Crippen LogP contribution in [0.4, 0.5) is 0 Å². The molecular formula is C14H18S2. The molecule has 1 aromatic rings. The van der Waals surface area contributed by atoms with Gasteiger partial charge in [-0.3, -0.25) is 0 Å². The summed E-state index contributed by atoms with van der Waals surface area (Å²) in [6.45, 7) is 0. The smallest absolute Gasteiger partial charge is 0.0612 e. The van der Waals surface area contributed by atoms with E-state index in [-0.39, 0.29) is 0 Å². The molecule has 0 amide bonds. The molecule has 0 N–H and O–H groups in total. The highest BCUT2D eigenvalue weighted by atomic mass is 32.2. The third-order valence-electron chi connectivity index (χ3n) is 3.83. The van der Waals surface area contributed by atoms with Crippen LogP contribution >= 0.6 is 23.5 Å². The van der Waals surface area contributed by atoms with E-state index in [1.54, 1.807) is 5.56 Å². The average molecular weight is 250 g/mol. The first-order chi connectivity index (χ1) is 7.88. The Morgan fingerprint density at radius 1 is 0.938 bits per heavy atom. The number of benzene rings is 1. The highest BCUT2D eigenvalue weighted by Gasteiger charge is 2.39. The van der Waals surface area contributed by atoms with Crippen LogP contribution in [0.25, 0.3) is 0 Å². The van der Waals surface area contributed by atoms with Crippen LogP contribution in [0.1, 0.15) is 37.2 Å². The molecule has 1 saturated heterocycles. The lowest BCUT2D eigenvalue weighted by molar-refractivity contribution is 0.435. The standard InChI is InChI=1S/C14H18S2/c1-2-4-12(5-3-1)13-6-8-14(9-7-13)15-10-11-16-14/h1-5,13H,6-11H2. The van der Waals surface area contributed by atoms with Crippen molar-refractivity contribution in [3.05, 3.63) is 35.9 Å². The second-order valence-corrected chi connectivity index (χ2v) is 8.01. The van der Waals surface area contributed by atoms with Crippen LogP contribution in [0.2, 0.25) is 0 Å². The lowest BCUT2D eigenvalue weighted by Gasteiger charge is -2.35. The van der Waals surface area contributed by atoms with E-state index in [9.17, 15) is 0 Å². The summed E-state index contributed by atoms with van der Waals surface area (Å²) in [5.74, 6) is 3.58. The minimum atomic E-state index is 0.616. The van der Waals surface area contributed by atoms with Gasteiger partial charge in [-0.25, -0.2) is 0 Å². The summed E-state index contributed by atoms with van der Waals surface area (Å²) in [4.78, 5) is 0. The molecule has 2 aliphatic rings. The van der Waals surface area contributed by atoms with Gasteiger partial charge in [-0.1, -0.05) is 30.3 Å². The van der Waals surface area contributed by atoms with E-state index in [0.717, 1.165) is 5.92 Å². The fraction of sp³-hybridized carbons (Fsp3) is 0.571. The van der Waals surface area contributed by atoms with Gasteiger partial charge < -0.3 is 0 Å². The summed E-state index contributed by atoms with van der Waals surface area (Å²) in [7, 11) is 0. The molecule has 0 atom stereocenters. The molecule has 1 aliphatic carbocycles. The highest BCUT2D eigenvalue weighted by molar-refractivity contribution is 8.21. The van der Waals surface area contributed by atoms with Crippen molar-refractivity contribution >= 4 is 23.5 Å². The number of rotatable bonds is 1. The van der Waals surface area contributed by atoms with Crippen LogP contribution in [-0.2, 0) is 0 Å². The molecule has 2 heteroatoms. The van der Waals surface area contributed by atoms with E-state index < -0.39 is 0 Å². The normalized spacial score (nSPS) is 25.0. The maximum atomic E-state index is 2.30. The van der Waals surface area contributed by atoms with Gasteiger partial charge in [0.25, 0.3) is 0 Å².